The first-order valence-electron chi connectivity index (χ1n) is 6.67. The minimum absolute atomic E-state index is 0.00417. The Balaban J connectivity index is 2.61. The molecule has 0 heterocycles. The zero-order valence-corrected chi connectivity index (χ0v) is 11.6. The van der Waals surface area contributed by atoms with Crippen LogP contribution in [0.4, 0.5) is 0 Å². The molecule has 0 radical (unpaired) electrons. The van der Waals surface area contributed by atoms with Crippen LogP contribution < -0.4 is 0 Å². The molecule has 0 unspecified atom stereocenters. The quantitative estimate of drug-likeness (QED) is 0.884. The fourth-order valence-electron chi connectivity index (χ4n) is 2.61. The number of carbonyl (C=O) groups is 1. The van der Waals surface area contributed by atoms with Gasteiger partial charge in [-0.15, -0.1) is 0 Å². The van der Waals surface area contributed by atoms with Gasteiger partial charge >= 0.3 is 5.97 Å². The van der Waals surface area contributed by atoms with Crippen molar-refractivity contribution in [3.63, 3.8) is 0 Å². The fraction of sp³-hybridized carbons (Fsp3) is 0.235. The molecule has 3 nitrogen and oxygen atoms in total. The van der Waals surface area contributed by atoms with E-state index in [2.05, 4.69) is 0 Å². The molecule has 0 bridgehead atoms. The van der Waals surface area contributed by atoms with Crippen LogP contribution >= 0.6 is 0 Å². The maximum Gasteiger partial charge on any atom is 0.339 e. The predicted molar refractivity (Wildman–Crippen MR) is 78.4 cm³/mol. The summed E-state index contributed by atoms with van der Waals surface area (Å²) in [7, 11) is 0. The first kappa shape index (κ1) is 14.1. The van der Waals surface area contributed by atoms with E-state index >= 15 is 0 Å². The van der Waals surface area contributed by atoms with Crippen LogP contribution in [0.25, 0.3) is 0 Å². The number of hydrogen-bond acceptors (Lipinski definition) is 2. The Bertz CT molecular complexity index is 618. The average molecular weight is 270 g/mol. The van der Waals surface area contributed by atoms with Crippen LogP contribution in [0.5, 0.6) is 5.75 Å². The summed E-state index contributed by atoms with van der Waals surface area (Å²) in [4.78, 5) is 11.2. The molecule has 1 atom stereocenters. The highest BCUT2D eigenvalue weighted by atomic mass is 16.4. The van der Waals surface area contributed by atoms with Crippen molar-refractivity contribution in [3.05, 3.63) is 64.7 Å². The number of benzene rings is 2. The number of hydrogen-bond donors (Lipinski definition) is 2. The fourth-order valence-corrected chi connectivity index (χ4v) is 2.61. The van der Waals surface area contributed by atoms with Crippen LogP contribution in [-0.2, 0) is 0 Å². The van der Waals surface area contributed by atoms with Gasteiger partial charge in [0.15, 0.2) is 0 Å². The van der Waals surface area contributed by atoms with Gasteiger partial charge < -0.3 is 10.2 Å². The lowest BCUT2D eigenvalue weighted by atomic mass is 9.85. The van der Waals surface area contributed by atoms with E-state index in [1.165, 1.54) is 6.07 Å². The van der Waals surface area contributed by atoms with Gasteiger partial charge in [0.25, 0.3) is 0 Å². The molecule has 2 rings (SSSR count). The first-order valence-corrected chi connectivity index (χ1v) is 6.67. The molecule has 0 fully saturated rings. The zero-order chi connectivity index (χ0) is 14.7. The second-order valence-electron chi connectivity index (χ2n) is 4.87. The van der Waals surface area contributed by atoms with E-state index in [0.29, 0.717) is 5.56 Å². The molecule has 2 aromatic rings. The second kappa shape index (κ2) is 5.78. The number of carboxylic acids is 1. The molecule has 0 saturated carbocycles. The Morgan fingerprint density at radius 3 is 2.35 bits per heavy atom. The lowest BCUT2D eigenvalue weighted by molar-refractivity contribution is 0.0693. The molecule has 2 aromatic carbocycles. The van der Waals surface area contributed by atoms with Crippen LogP contribution in [0.2, 0.25) is 0 Å². The minimum atomic E-state index is -1.10. The summed E-state index contributed by atoms with van der Waals surface area (Å²) in [6, 6.07) is 13.0. The largest absolute Gasteiger partial charge is 0.507 e. The summed E-state index contributed by atoms with van der Waals surface area (Å²) in [5.41, 5.74) is 2.65. The van der Waals surface area contributed by atoms with Crippen molar-refractivity contribution in [2.45, 2.75) is 26.2 Å². The van der Waals surface area contributed by atoms with E-state index < -0.39 is 5.97 Å². The van der Waals surface area contributed by atoms with Gasteiger partial charge in [-0.3, -0.25) is 0 Å². The van der Waals surface area contributed by atoms with Crippen molar-refractivity contribution in [2.75, 3.05) is 0 Å². The topological polar surface area (TPSA) is 57.5 Å². The third-order valence-electron chi connectivity index (χ3n) is 3.62. The summed E-state index contributed by atoms with van der Waals surface area (Å²) >= 11 is 0. The molecule has 0 aliphatic heterocycles. The molecule has 0 aromatic heterocycles. The maximum atomic E-state index is 11.2. The third kappa shape index (κ3) is 2.52. The molecule has 20 heavy (non-hydrogen) atoms. The molecule has 0 amide bonds. The van der Waals surface area contributed by atoms with Gasteiger partial charge in [-0.1, -0.05) is 43.3 Å². The second-order valence-corrected chi connectivity index (χ2v) is 4.87. The van der Waals surface area contributed by atoms with E-state index in [4.69, 9.17) is 5.11 Å². The Kier molecular flexibility index (Phi) is 4.08. The molecule has 0 saturated heterocycles. The van der Waals surface area contributed by atoms with E-state index in [1.807, 2.05) is 44.2 Å². The van der Waals surface area contributed by atoms with Crippen molar-refractivity contribution >= 4 is 5.97 Å². The van der Waals surface area contributed by atoms with E-state index in [1.54, 1.807) is 6.07 Å². The Hall–Kier alpha value is -2.29. The van der Waals surface area contributed by atoms with Crippen molar-refractivity contribution in [1.82, 2.24) is 0 Å². The number of aromatic hydroxyl groups is 1. The van der Waals surface area contributed by atoms with Crippen molar-refractivity contribution in [2.24, 2.45) is 0 Å². The summed E-state index contributed by atoms with van der Waals surface area (Å²) in [5.74, 6) is -1.23. The van der Waals surface area contributed by atoms with Gasteiger partial charge in [-0.05, 0) is 30.5 Å². The van der Waals surface area contributed by atoms with Crippen LogP contribution in [0, 0.1) is 6.92 Å². The van der Waals surface area contributed by atoms with Crippen LogP contribution in [0.3, 0.4) is 0 Å². The summed E-state index contributed by atoms with van der Waals surface area (Å²) in [6.45, 7) is 3.93. The van der Waals surface area contributed by atoms with Gasteiger partial charge in [-0.25, -0.2) is 4.79 Å². The van der Waals surface area contributed by atoms with Crippen LogP contribution in [0.15, 0.2) is 42.5 Å². The van der Waals surface area contributed by atoms with Crippen molar-refractivity contribution in [1.29, 1.82) is 0 Å². The number of carboxylic acid groups (broad SMARTS) is 1. The average Bonchev–Trinajstić information content (AvgIpc) is 2.44. The first-order chi connectivity index (χ1) is 9.56. The van der Waals surface area contributed by atoms with Gasteiger partial charge in [0.05, 0.1) is 0 Å². The number of phenols is 1. The smallest absolute Gasteiger partial charge is 0.339 e. The normalized spacial score (nSPS) is 12.1. The number of rotatable bonds is 4. The standard InChI is InChI=1S/C17H18O3/c1-3-13(12-7-5-4-6-8-12)15-11(2)9-10-14(16(15)18)17(19)20/h4-10,13,18H,3H2,1-2H3,(H,19,20)/t13-/m1/s1. The van der Waals surface area contributed by atoms with E-state index in [-0.39, 0.29) is 17.2 Å². The molecule has 2 N–H and O–H groups in total. The van der Waals surface area contributed by atoms with Crippen LogP contribution in [0.1, 0.15) is 46.3 Å². The highest BCUT2D eigenvalue weighted by Crippen LogP contribution is 2.38. The molecular weight excluding hydrogens is 252 g/mol. The highest BCUT2D eigenvalue weighted by Gasteiger charge is 2.22. The van der Waals surface area contributed by atoms with Gasteiger partial charge in [0.2, 0.25) is 0 Å². The third-order valence-corrected chi connectivity index (χ3v) is 3.62. The molecule has 104 valence electrons. The highest BCUT2D eigenvalue weighted by molar-refractivity contribution is 5.91. The minimum Gasteiger partial charge on any atom is -0.507 e. The molecule has 0 aliphatic carbocycles. The molecule has 3 heteroatoms. The Morgan fingerprint density at radius 1 is 1.15 bits per heavy atom. The molecule has 0 aliphatic rings. The van der Waals surface area contributed by atoms with Gasteiger partial charge in [0, 0.05) is 11.5 Å². The van der Waals surface area contributed by atoms with Gasteiger partial charge in [0.1, 0.15) is 11.3 Å². The van der Waals surface area contributed by atoms with Crippen molar-refractivity contribution in [3.8, 4) is 5.75 Å². The maximum absolute atomic E-state index is 11.2. The Labute approximate surface area is 118 Å². The predicted octanol–water partition coefficient (Wildman–Crippen LogP) is 3.94. The van der Waals surface area contributed by atoms with Crippen molar-refractivity contribution < 1.29 is 15.0 Å². The Morgan fingerprint density at radius 2 is 1.80 bits per heavy atom. The monoisotopic (exact) mass is 270 g/mol. The van der Waals surface area contributed by atoms with Gasteiger partial charge in [-0.2, -0.15) is 0 Å². The number of aromatic carboxylic acids is 1. The summed E-state index contributed by atoms with van der Waals surface area (Å²) in [6.07, 6.45) is 0.793. The van der Waals surface area contributed by atoms with E-state index in [0.717, 1.165) is 17.5 Å². The summed E-state index contributed by atoms with van der Waals surface area (Å²) < 4.78 is 0. The summed E-state index contributed by atoms with van der Waals surface area (Å²) in [5, 5.41) is 19.5. The number of aryl methyl sites for hydroxylation is 1. The molecular formula is C17H18O3. The van der Waals surface area contributed by atoms with E-state index in [9.17, 15) is 9.90 Å². The lowest BCUT2D eigenvalue weighted by Gasteiger charge is -2.20. The zero-order valence-electron chi connectivity index (χ0n) is 11.6. The lowest BCUT2D eigenvalue weighted by Crippen LogP contribution is -2.06. The molecule has 0 spiro atoms. The SMILES string of the molecule is CC[C@H](c1ccccc1)c1c(C)ccc(C(=O)O)c1O. The van der Waals surface area contributed by atoms with Crippen LogP contribution in [-0.4, -0.2) is 16.2 Å².